The lowest BCUT2D eigenvalue weighted by molar-refractivity contribution is 0.294. The number of aliphatic imine (C=N–C) groups is 1. The fourth-order valence-electron chi connectivity index (χ4n) is 3.35. The Hall–Kier alpha value is -3.42. The van der Waals surface area contributed by atoms with Crippen molar-refractivity contribution >= 4 is 17.1 Å². The van der Waals surface area contributed by atoms with Gasteiger partial charge in [-0.3, -0.25) is 24.4 Å². The lowest BCUT2D eigenvalue weighted by atomic mass is 10.2. The second-order valence-corrected chi connectivity index (χ2v) is 6.83. The van der Waals surface area contributed by atoms with Gasteiger partial charge in [-0.15, -0.1) is 0 Å². The minimum Gasteiger partial charge on any atom is -0.487 e. The molecule has 2 heterocycles. The molecule has 2 aromatic heterocycles. The molecule has 0 saturated carbocycles. The van der Waals surface area contributed by atoms with E-state index in [1.165, 1.54) is 35.0 Å². The van der Waals surface area contributed by atoms with Gasteiger partial charge in [0.2, 0.25) is 0 Å². The van der Waals surface area contributed by atoms with Crippen LogP contribution in [0.25, 0.3) is 10.9 Å². The summed E-state index contributed by atoms with van der Waals surface area (Å²) in [5, 5.41) is 3.30. The molecule has 0 aliphatic heterocycles. The van der Waals surface area contributed by atoms with Crippen molar-refractivity contribution < 1.29 is 9.13 Å². The monoisotopic (exact) mass is 412 g/mol. The van der Waals surface area contributed by atoms with Crippen molar-refractivity contribution in [1.29, 1.82) is 0 Å². The van der Waals surface area contributed by atoms with Gasteiger partial charge in [0.05, 0.1) is 16.6 Å². The number of aryl methyl sites for hydroxylation is 1. The maximum absolute atomic E-state index is 13.2. The summed E-state index contributed by atoms with van der Waals surface area (Å²) in [5.74, 6) is 0.0782. The van der Waals surface area contributed by atoms with Crippen LogP contribution in [0.4, 0.5) is 4.39 Å². The van der Waals surface area contributed by atoms with Gasteiger partial charge >= 0.3 is 0 Å². The minimum atomic E-state index is -0.368. The molecule has 1 aromatic carbocycles. The van der Waals surface area contributed by atoms with E-state index in [9.17, 15) is 14.0 Å². The molecule has 158 valence electrons. The molecule has 0 aliphatic carbocycles. The number of benzene rings is 1. The number of fused-ring (bicyclic) bond motifs is 1. The average Bonchev–Trinajstić information content (AvgIpc) is 2.99. The third-order valence-electron chi connectivity index (χ3n) is 4.74. The second-order valence-electron chi connectivity index (χ2n) is 6.83. The summed E-state index contributed by atoms with van der Waals surface area (Å²) >= 11 is 0. The Morgan fingerprint density at radius 1 is 1.27 bits per heavy atom. The summed E-state index contributed by atoms with van der Waals surface area (Å²) in [6, 6.07) is 7.02. The molecular formula is C22H25FN4O3. The summed E-state index contributed by atoms with van der Waals surface area (Å²) in [6.07, 6.45) is 5.10. The van der Waals surface area contributed by atoms with Crippen LogP contribution in [0.1, 0.15) is 32.4 Å². The highest BCUT2D eigenvalue weighted by Crippen LogP contribution is 2.18. The molecule has 0 bridgehead atoms. The van der Waals surface area contributed by atoms with Gasteiger partial charge in [-0.2, -0.15) is 0 Å². The number of hydrogen-bond donors (Lipinski definition) is 1. The van der Waals surface area contributed by atoms with E-state index in [0.717, 1.165) is 12.1 Å². The fraction of sp³-hybridized carbons (Fsp3) is 0.318. The summed E-state index contributed by atoms with van der Waals surface area (Å²) in [7, 11) is 1.60. The van der Waals surface area contributed by atoms with Gasteiger partial charge in [-0.1, -0.05) is 13.0 Å². The van der Waals surface area contributed by atoms with Crippen molar-refractivity contribution in [2.24, 2.45) is 12.0 Å². The van der Waals surface area contributed by atoms with E-state index >= 15 is 0 Å². The average molecular weight is 412 g/mol. The third-order valence-corrected chi connectivity index (χ3v) is 4.74. The van der Waals surface area contributed by atoms with Gasteiger partial charge in [0.1, 0.15) is 18.2 Å². The maximum Gasteiger partial charge on any atom is 0.276 e. The van der Waals surface area contributed by atoms with E-state index in [-0.39, 0.29) is 23.5 Å². The van der Waals surface area contributed by atoms with Gasteiger partial charge in [-0.25, -0.2) is 4.39 Å². The number of H-pyrrole nitrogens is 1. The molecule has 0 saturated heterocycles. The van der Waals surface area contributed by atoms with Crippen LogP contribution in [0.3, 0.4) is 0 Å². The predicted octanol–water partition coefficient (Wildman–Crippen LogP) is 3.52. The third kappa shape index (κ3) is 4.59. The van der Waals surface area contributed by atoms with E-state index in [1.807, 2.05) is 19.9 Å². The highest BCUT2D eigenvalue weighted by molar-refractivity contribution is 5.80. The number of rotatable bonds is 8. The Bertz CT molecular complexity index is 1200. The lowest BCUT2D eigenvalue weighted by Gasteiger charge is -2.15. The number of aromatic nitrogens is 3. The Kier molecular flexibility index (Phi) is 6.66. The SMILES string of the molecule is CC=N/C(=C\CC)CCn1c(COc2ccc(F)cc2)c2c(=O)n(C)[nH]c2cc1=O. The Morgan fingerprint density at radius 3 is 2.67 bits per heavy atom. The molecule has 8 heteroatoms. The number of halogens is 1. The smallest absolute Gasteiger partial charge is 0.276 e. The van der Waals surface area contributed by atoms with Crippen LogP contribution >= 0.6 is 0 Å². The quantitative estimate of drug-likeness (QED) is 0.575. The van der Waals surface area contributed by atoms with Crippen molar-refractivity contribution in [2.75, 3.05) is 0 Å². The van der Waals surface area contributed by atoms with Crippen molar-refractivity contribution in [3.05, 3.63) is 74.3 Å². The molecule has 0 amide bonds. The van der Waals surface area contributed by atoms with Gasteiger partial charge in [0.15, 0.2) is 0 Å². The van der Waals surface area contributed by atoms with Gasteiger partial charge in [-0.05, 0) is 37.6 Å². The maximum atomic E-state index is 13.2. The topological polar surface area (TPSA) is 81.4 Å². The Labute approximate surface area is 173 Å². The van der Waals surface area contributed by atoms with E-state index in [0.29, 0.717) is 35.3 Å². The number of allylic oxidation sites excluding steroid dienone is 2. The number of ether oxygens (including phenoxy) is 1. The van der Waals surface area contributed by atoms with E-state index in [1.54, 1.807) is 17.8 Å². The molecule has 30 heavy (non-hydrogen) atoms. The lowest BCUT2D eigenvalue weighted by Crippen LogP contribution is -2.26. The second kappa shape index (κ2) is 9.39. The molecule has 0 atom stereocenters. The number of pyridine rings is 1. The van der Waals surface area contributed by atoms with Crippen LogP contribution in [0.2, 0.25) is 0 Å². The fourth-order valence-corrected chi connectivity index (χ4v) is 3.35. The first-order valence-corrected chi connectivity index (χ1v) is 9.82. The molecule has 3 aromatic rings. The predicted molar refractivity (Wildman–Crippen MR) is 116 cm³/mol. The minimum absolute atomic E-state index is 0.00478. The Balaban J connectivity index is 2.02. The first kappa shape index (κ1) is 21.3. The molecule has 1 N–H and O–H groups in total. The van der Waals surface area contributed by atoms with Crippen molar-refractivity contribution in [2.45, 2.75) is 39.8 Å². The zero-order chi connectivity index (χ0) is 21.7. The highest BCUT2D eigenvalue weighted by atomic mass is 19.1. The standard InChI is InChI=1S/C22H25FN4O3/c1-4-6-16(24-5-2)11-12-27-19(14-30-17-9-7-15(23)8-10-17)21-18(13-20(27)28)25-26(3)22(21)29/h5-10,13,25H,4,11-12,14H2,1-3H3/b16-6-,24-5?. The summed E-state index contributed by atoms with van der Waals surface area (Å²) in [5.41, 5.74) is 1.32. The molecule has 0 radical (unpaired) electrons. The summed E-state index contributed by atoms with van der Waals surface area (Å²) in [4.78, 5) is 29.9. The molecule has 0 unspecified atom stereocenters. The van der Waals surface area contributed by atoms with Crippen LogP contribution < -0.4 is 15.9 Å². The number of hydrogen-bond acceptors (Lipinski definition) is 4. The molecule has 0 fully saturated rings. The molecular weight excluding hydrogens is 387 g/mol. The van der Waals surface area contributed by atoms with E-state index in [2.05, 4.69) is 10.1 Å². The normalized spacial score (nSPS) is 12.2. The highest BCUT2D eigenvalue weighted by Gasteiger charge is 2.17. The van der Waals surface area contributed by atoms with Crippen molar-refractivity contribution in [3.8, 4) is 5.75 Å². The summed E-state index contributed by atoms with van der Waals surface area (Å²) < 4.78 is 21.8. The molecule has 0 aliphatic rings. The number of nitrogens with zero attached hydrogens (tertiary/aromatic N) is 3. The van der Waals surface area contributed by atoms with Crippen LogP contribution in [0.5, 0.6) is 5.75 Å². The number of aromatic amines is 1. The van der Waals surface area contributed by atoms with Gasteiger partial charge in [0, 0.05) is 38.0 Å². The van der Waals surface area contributed by atoms with Crippen molar-refractivity contribution in [3.63, 3.8) is 0 Å². The van der Waals surface area contributed by atoms with Crippen LogP contribution in [-0.2, 0) is 20.2 Å². The Morgan fingerprint density at radius 2 is 2.00 bits per heavy atom. The van der Waals surface area contributed by atoms with Crippen LogP contribution in [0, 0.1) is 5.82 Å². The first-order chi connectivity index (χ1) is 14.4. The van der Waals surface area contributed by atoms with Crippen LogP contribution in [0.15, 0.2) is 56.7 Å². The van der Waals surface area contributed by atoms with E-state index in [4.69, 9.17) is 4.74 Å². The van der Waals surface area contributed by atoms with Crippen LogP contribution in [-0.4, -0.2) is 20.6 Å². The molecule has 0 spiro atoms. The molecule has 3 rings (SSSR count). The number of nitrogens with one attached hydrogen (secondary N) is 1. The summed E-state index contributed by atoms with van der Waals surface area (Å²) in [6.45, 7) is 4.21. The van der Waals surface area contributed by atoms with Crippen molar-refractivity contribution in [1.82, 2.24) is 14.3 Å². The largest absolute Gasteiger partial charge is 0.487 e. The van der Waals surface area contributed by atoms with Gasteiger partial charge < -0.3 is 9.30 Å². The van der Waals surface area contributed by atoms with Gasteiger partial charge in [0.25, 0.3) is 11.1 Å². The van der Waals surface area contributed by atoms with E-state index < -0.39 is 0 Å². The molecule has 7 nitrogen and oxygen atoms in total. The first-order valence-electron chi connectivity index (χ1n) is 9.82. The zero-order valence-electron chi connectivity index (χ0n) is 17.3. The zero-order valence-corrected chi connectivity index (χ0v) is 17.3.